The molecule has 80 valence electrons. The first-order valence-electron chi connectivity index (χ1n) is 4.62. The fourth-order valence-corrected chi connectivity index (χ4v) is 1.66. The van der Waals surface area contributed by atoms with Crippen LogP contribution in [0, 0.1) is 10.8 Å². The molecule has 1 rings (SSSR count). The number of hydrogen-bond donors (Lipinski definition) is 3. The second-order valence-electron chi connectivity index (χ2n) is 3.19. The van der Waals surface area contributed by atoms with Crippen LogP contribution in [0.2, 0.25) is 0 Å². The van der Waals surface area contributed by atoms with Crippen molar-refractivity contribution < 1.29 is 9.78 Å². The molecule has 0 aromatic heterocycles. The maximum Gasteiger partial charge on any atom is 0.291 e. The van der Waals surface area contributed by atoms with Gasteiger partial charge in [-0.2, -0.15) is 4.89 Å². The number of thioether (sulfide) groups is 1. The Hall–Kier alpha value is -0.750. The minimum Gasteiger partial charge on any atom is -0.378 e. The third kappa shape index (κ3) is 4.48. The van der Waals surface area contributed by atoms with Crippen LogP contribution < -0.4 is 5.73 Å². The number of rotatable bonds is 2. The lowest BCUT2D eigenvalue weighted by Gasteiger charge is -2.20. The fraction of sp³-hybridized carbons (Fsp3) is 0.750. The largest absolute Gasteiger partial charge is 0.378 e. The van der Waals surface area contributed by atoms with Crippen molar-refractivity contribution in [1.82, 2.24) is 0 Å². The van der Waals surface area contributed by atoms with E-state index in [1.54, 1.807) is 0 Å². The Morgan fingerprint density at radius 3 is 2.43 bits per heavy atom. The van der Waals surface area contributed by atoms with Gasteiger partial charge < -0.3 is 10.6 Å². The summed E-state index contributed by atoms with van der Waals surface area (Å²) < 4.78 is 0. The van der Waals surface area contributed by atoms with Gasteiger partial charge in [0.05, 0.1) is 0 Å². The maximum atomic E-state index is 7.23. The molecule has 0 radical (unpaired) electrons. The normalized spacial score (nSPS) is 17.7. The first kappa shape index (κ1) is 11.3. The smallest absolute Gasteiger partial charge is 0.291 e. The number of nitrogens with one attached hydrogen (secondary N) is 2. The van der Waals surface area contributed by atoms with Crippen molar-refractivity contribution >= 4 is 22.2 Å². The molecule has 0 saturated heterocycles. The first-order valence-corrected chi connectivity index (χ1v) is 5.44. The number of nitrogens with two attached hydrogens (primary N) is 1. The Balaban J connectivity index is 2.12. The van der Waals surface area contributed by atoms with E-state index in [0.717, 1.165) is 37.4 Å². The molecule has 0 aromatic rings. The predicted molar refractivity (Wildman–Crippen MR) is 56.3 cm³/mol. The third-order valence-electron chi connectivity index (χ3n) is 2.01. The molecule has 0 amide bonds. The molecule has 0 spiro atoms. The van der Waals surface area contributed by atoms with Crippen LogP contribution in [0.3, 0.4) is 0 Å². The zero-order chi connectivity index (χ0) is 10.4. The molecule has 0 heterocycles. The van der Waals surface area contributed by atoms with Gasteiger partial charge in [-0.05, 0) is 12.8 Å². The van der Waals surface area contributed by atoms with E-state index in [-0.39, 0.29) is 16.5 Å². The summed E-state index contributed by atoms with van der Waals surface area (Å²) in [6.07, 6.45) is 5.62. The molecule has 0 atom stereocenters. The van der Waals surface area contributed by atoms with Gasteiger partial charge in [0, 0.05) is 11.8 Å². The van der Waals surface area contributed by atoms with E-state index in [0.29, 0.717) is 0 Å². The molecular formula is C8H15N3O2S. The van der Waals surface area contributed by atoms with Crippen LogP contribution in [0.15, 0.2) is 0 Å². The average molecular weight is 217 g/mol. The Morgan fingerprint density at radius 1 is 1.21 bits per heavy atom. The van der Waals surface area contributed by atoms with Gasteiger partial charge in [-0.3, -0.25) is 10.8 Å². The minimum atomic E-state index is -0.178. The van der Waals surface area contributed by atoms with Gasteiger partial charge in [-0.15, -0.1) is 0 Å². The summed E-state index contributed by atoms with van der Waals surface area (Å²) in [5, 5.41) is 13.8. The Morgan fingerprint density at radius 2 is 1.86 bits per heavy atom. The lowest BCUT2D eigenvalue weighted by Crippen LogP contribution is -2.19. The van der Waals surface area contributed by atoms with Crippen molar-refractivity contribution in [2.75, 3.05) is 0 Å². The molecule has 0 aromatic carbocycles. The molecule has 0 bridgehead atoms. The Labute approximate surface area is 87.3 Å². The van der Waals surface area contributed by atoms with Crippen molar-refractivity contribution in [3.8, 4) is 0 Å². The van der Waals surface area contributed by atoms with Crippen LogP contribution in [0.25, 0.3) is 0 Å². The molecule has 1 fully saturated rings. The standard InChI is InChI=1S/C8H15N3O2S/c9-7(10)14-8(11)13-12-6-4-2-1-3-5-6/h6,11H,1-5H2,(H3,9,10). The van der Waals surface area contributed by atoms with Crippen LogP contribution in [0.5, 0.6) is 0 Å². The van der Waals surface area contributed by atoms with Crippen molar-refractivity contribution in [2.24, 2.45) is 5.73 Å². The van der Waals surface area contributed by atoms with E-state index in [1.165, 1.54) is 6.42 Å². The second-order valence-corrected chi connectivity index (χ2v) is 4.21. The van der Waals surface area contributed by atoms with E-state index >= 15 is 0 Å². The molecule has 5 nitrogen and oxygen atoms in total. The van der Waals surface area contributed by atoms with Crippen molar-refractivity contribution in [1.29, 1.82) is 10.8 Å². The molecule has 1 aliphatic rings. The molecular weight excluding hydrogens is 202 g/mol. The van der Waals surface area contributed by atoms with Gasteiger partial charge in [0.2, 0.25) is 0 Å². The third-order valence-corrected chi connectivity index (χ3v) is 2.49. The highest BCUT2D eigenvalue weighted by atomic mass is 32.2. The monoisotopic (exact) mass is 217 g/mol. The lowest BCUT2D eigenvalue weighted by molar-refractivity contribution is -0.262. The van der Waals surface area contributed by atoms with Gasteiger partial charge in [0.1, 0.15) is 6.10 Å². The SMILES string of the molecule is N=C(N)SC(=N)OOC1CCCCC1. The van der Waals surface area contributed by atoms with Crippen molar-refractivity contribution in [3.05, 3.63) is 0 Å². The molecule has 6 heteroatoms. The molecule has 0 unspecified atom stereocenters. The zero-order valence-electron chi connectivity index (χ0n) is 7.91. The summed E-state index contributed by atoms with van der Waals surface area (Å²) in [4.78, 5) is 9.77. The van der Waals surface area contributed by atoms with Crippen LogP contribution in [-0.4, -0.2) is 16.5 Å². The van der Waals surface area contributed by atoms with Gasteiger partial charge in [0.15, 0.2) is 5.17 Å². The van der Waals surface area contributed by atoms with Crippen molar-refractivity contribution in [3.63, 3.8) is 0 Å². The summed E-state index contributed by atoms with van der Waals surface area (Å²) >= 11 is 0.740. The molecule has 0 aliphatic heterocycles. The average Bonchev–Trinajstić information content (AvgIpc) is 2.15. The van der Waals surface area contributed by atoms with E-state index in [2.05, 4.69) is 0 Å². The summed E-state index contributed by atoms with van der Waals surface area (Å²) in [7, 11) is 0. The molecule has 1 aliphatic carbocycles. The van der Waals surface area contributed by atoms with Gasteiger partial charge in [0.25, 0.3) is 5.23 Å². The summed E-state index contributed by atoms with van der Waals surface area (Å²) in [6, 6.07) is 0. The lowest BCUT2D eigenvalue weighted by atomic mass is 9.98. The molecule has 1 saturated carbocycles. The maximum absolute atomic E-state index is 7.23. The Bertz CT molecular complexity index is 217. The van der Waals surface area contributed by atoms with Crippen LogP contribution in [0.4, 0.5) is 0 Å². The topological polar surface area (TPSA) is 92.2 Å². The van der Waals surface area contributed by atoms with Gasteiger partial charge in [-0.25, -0.2) is 0 Å². The van der Waals surface area contributed by atoms with Gasteiger partial charge in [-0.1, -0.05) is 19.3 Å². The Kier molecular flexibility index (Phi) is 4.75. The number of hydrogen-bond acceptors (Lipinski definition) is 5. The van der Waals surface area contributed by atoms with Crippen LogP contribution >= 0.6 is 11.8 Å². The number of amidine groups is 1. The zero-order valence-corrected chi connectivity index (χ0v) is 8.73. The predicted octanol–water partition coefficient (Wildman–Crippen LogP) is 1.83. The van der Waals surface area contributed by atoms with Gasteiger partial charge >= 0.3 is 0 Å². The minimum absolute atomic E-state index is 0.0941. The second kappa shape index (κ2) is 5.87. The summed E-state index contributed by atoms with van der Waals surface area (Å²) in [5.41, 5.74) is 5.07. The molecule has 14 heavy (non-hydrogen) atoms. The van der Waals surface area contributed by atoms with E-state index in [4.69, 9.17) is 26.3 Å². The van der Waals surface area contributed by atoms with Crippen LogP contribution in [-0.2, 0) is 9.78 Å². The van der Waals surface area contributed by atoms with Crippen LogP contribution in [0.1, 0.15) is 32.1 Å². The van der Waals surface area contributed by atoms with E-state index < -0.39 is 0 Å². The highest BCUT2D eigenvalue weighted by molar-refractivity contribution is 8.25. The first-order chi connectivity index (χ1) is 6.68. The quantitative estimate of drug-likeness (QED) is 0.285. The van der Waals surface area contributed by atoms with Crippen molar-refractivity contribution in [2.45, 2.75) is 38.2 Å². The highest BCUT2D eigenvalue weighted by Gasteiger charge is 2.16. The van der Waals surface area contributed by atoms with E-state index in [9.17, 15) is 0 Å². The highest BCUT2D eigenvalue weighted by Crippen LogP contribution is 2.20. The fourth-order valence-electron chi connectivity index (χ4n) is 1.39. The van der Waals surface area contributed by atoms with E-state index in [1.807, 2.05) is 0 Å². The molecule has 4 N–H and O–H groups in total. The summed E-state index contributed by atoms with van der Waals surface area (Å²) in [5.74, 6) is 0. The summed E-state index contributed by atoms with van der Waals surface area (Å²) in [6.45, 7) is 0.